The van der Waals surface area contributed by atoms with Crippen molar-refractivity contribution in [1.29, 1.82) is 0 Å². The molecule has 0 aliphatic heterocycles. The van der Waals surface area contributed by atoms with Gasteiger partial charge in [0.1, 0.15) is 11.5 Å². The number of ether oxygens (including phenoxy) is 2. The summed E-state index contributed by atoms with van der Waals surface area (Å²) in [7, 11) is -4.50. The van der Waals surface area contributed by atoms with E-state index in [-0.39, 0.29) is 12.5 Å². The van der Waals surface area contributed by atoms with Crippen LogP contribution in [0.15, 0.2) is 48.5 Å². The van der Waals surface area contributed by atoms with Crippen molar-refractivity contribution in [2.24, 2.45) is 5.73 Å². The lowest BCUT2D eigenvalue weighted by Gasteiger charge is -2.24. The number of rotatable bonds is 10. The number of hydrogen-bond acceptors (Lipinski definition) is 5. The first-order chi connectivity index (χ1) is 14.3. The second-order valence-electron chi connectivity index (χ2n) is 7.81. The van der Waals surface area contributed by atoms with Crippen LogP contribution in [-0.2, 0) is 15.5 Å². The number of hydrogen-bond donors (Lipinski definition) is 3. The van der Waals surface area contributed by atoms with E-state index >= 15 is 0 Å². The standard InChI is InChI=1S/C22H30NO6P/c1-2-27-20-7-3-17(4-8-20)12-14-28-21-9-5-18(6-10-21)19-11-13-22(23,15-19)16-29-30(24,25)26/h3-10,19H,2,11-16,23H2,1H3,(H2,24,25,26)/t19-,22-/m1/s1. The Morgan fingerprint density at radius 3 is 2.33 bits per heavy atom. The van der Waals surface area contributed by atoms with Crippen LogP contribution in [0.25, 0.3) is 0 Å². The SMILES string of the molecule is CCOc1ccc(CCOc2ccc([C@@H]3CC[C@](N)(COP(=O)(O)O)C3)cc2)cc1. The molecule has 0 spiro atoms. The van der Waals surface area contributed by atoms with E-state index in [1.807, 2.05) is 55.5 Å². The third-order valence-electron chi connectivity index (χ3n) is 5.41. The van der Waals surface area contributed by atoms with Gasteiger partial charge in [0, 0.05) is 12.0 Å². The molecule has 1 fully saturated rings. The van der Waals surface area contributed by atoms with Crippen LogP contribution in [0, 0.1) is 0 Å². The summed E-state index contributed by atoms with van der Waals surface area (Å²) >= 11 is 0. The highest BCUT2D eigenvalue weighted by Crippen LogP contribution is 2.43. The highest BCUT2D eigenvalue weighted by atomic mass is 31.2. The van der Waals surface area contributed by atoms with Gasteiger partial charge in [0.05, 0.1) is 19.8 Å². The Kier molecular flexibility index (Phi) is 7.55. The quantitative estimate of drug-likeness (QED) is 0.487. The molecule has 0 unspecified atom stereocenters. The molecule has 2 aromatic carbocycles. The maximum atomic E-state index is 10.9. The monoisotopic (exact) mass is 435 g/mol. The van der Waals surface area contributed by atoms with Crippen LogP contribution in [0.5, 0.6) is 11.5 Å². The molecule has 1 saturated carbocycles. The van der Waals surface area contributed by atoms with E-state index in [9.17, 15) is 4.57 Å². The molecule has 0 aromatic heterocycles. The summed E-state index contributed by atoms with van der Waals surface area (Å²) in [6.07, 6.45) is 2.97. The third-order valence-corrected chi connectivity index (χ3v) is 5.87. The second kappa shape index (κ2) is 9.94. The normalized spacial score (nSPS) is 21.5. The molecule has 0 saturated heterocycles. The van der Waals surface area contributed by atoms with E-state index in [1.165, 1.54) is 5.56 Å². The van der Waals surface area contributed by atoms with Crippen LogP contribution in [-0.4, -0.2) is 35.1 Å². The Labute approximate surface area is 177 Å². The van der Waals surface area contributed by atoms with Gasteiger partial charge in [-0.25, -0.2) is 4.57 Å². The van der Waals surface area contributed by atoms with E-state index in [0.717, 1.165) is 29.9 Å². The van der Waals surface area contributed by atoms with Crippen LogP contribution >= 0.6 is 7.82 Å². The Hall–Kier alpha value is -1.89. The first-order valence-corrected chi connectivity index (χ1v) is 11.7. The van der Waals surface area contributed by atoms with Gasteiger partial charge >= 0.3 is 7.82 Å². The molecule has 164 valence electrons. The van der Waals surface area contributed by atoms with E-state index in [4.69, 9.17) is 25.0 Å². The predicted octanol–water partition coefficient (Wildman–Crippen LogP) is 3.78. The van der Waals surface area contributed by atoms with Crippen molar-refractivity contribution in [3.63, 3.8) is 0 Å². The minimum Gasteiger partial charge on any atom is -0.494 e. The molecule has 30 heavy (non-hydrogen) atoms. The smallest absolute Gasteiger partial charge is 0.469 e. The van der Waals surface area contributed by atoms with E-state index in [1.54, 1.807) is 0 Å². The molecule has 8 heteroatoms. The largest absolute Gasteiger partial charge is 0.494 e. The van der Waals surface area contributed by atoms with Crippen LogP contribution in [0.3, 0.4) is 0 Å². The number of phosphoric acid groups is 1. The van der Waals surface area contributed by atoms with E-state index in [0.29, 0.717) is 26.1 Å². The third kappa shape index (κ3) is 6.83. The molecule has 1 aliphatic carbocycles. The van der Waals surface area contributed by atoms with Crippen molar-refractivity contribution in [3.8, 4) is 11.5 Å². The lowest BCUT2D eigenvalue weighted by Crippen LogP contribution is -2.41. The number of phosphoric ester groups is 1. The Balaban J connectivity index is 1.46. The molecule has 2 aromatic rings. The molecule has 0 amide bonds. The van der Waals surface area contributed by atoms with Crippen LogP contribution in [0.2, 0.25) is 0 Å². The summed E-state index contributed by atoms with van der Waals surface area (Å²) in [5.41, 5.74) is 7.90. The molecular weight excluding hydrogens is 405 g/mol. The van der Waals surface area contributed by atoms with Crippen LogP contribution in [0.4, 0.5) is 0 Å². The van der Waals surface area contributed by atoms with Gasteiger partial charge < -0.3 is 25.0 Å². The average Bonchev–Trinajstić information content (AvgIpc) is 3.11. The van der Waals surface area contributed by atoms with Gasteiger partial charge in [-0.1, -0.05) is 24.3 Å². The summed E-state index contributed by atoms with van der Waals surface area (Å²) in [6, 6.07) is 16.0. The van der Waals surface area contributed by atoms with Crippen molar-refractivity contribution in [3.05, 3.63) is 59.7 Å². The maximum absolute atomic E-state index is 10.9. The average molecular weight is 435 g/mol. The summed E-state index contributed by atoms with van der Waals surface area (Å²) in [5.74, 6) is 1.93. The molecule has 0 radical (unpaired) electrons. The molecular formula is C22H30NO6P. The summed E-state index contributed by atoms with van der Waals surface area (Å²) in [6.45, 7) is 3.07. The maximum Gasteiger partial charge on any atom is 0.469 e. The topological polar surface area (TPSA) is 111 Å². The lowest BCUT2D eigenvalue weighted by atomic mass is 9.94. The fraction of sp³-hybridized carbons (Fsp3) is 0.455. The first-order valence-electron chi connectivity index (χ1n) is 10.2. The van der Waals surface area contributed by atoms with Crippen molar-refractivity contribution in [1.82, 2.24) is 0 Å². The van der Waals surface area contributed by atoms with Gasteiger partial charge in [0.25, 0.3) is 0 Å². The molecule has 7 nitrogen and oxygen atoms in total. The highest BCUT2D eigenvalue weighted by molar-refractivity contribution is 7.46. The molecule has 4 N–H and O–H groups in total. The fourth-order valence-corrected chi connectivity index (χ4v) is 4.25. The zero-order valence-corrected chi connectivity index (χ0v) is 18.1. The molecule has 1 aliphatic rings. The van der Waals surface area contributed by atoms with Crippen molar-refractivity contribution < 1.29 is 28.3 Å². The van der Waals surface area contributed by atoms with Crippen LogP contribution < -0.4 is 15.2 Å². The number of benzene rings is 2. The first kappa shape index (κ1) is 22.8. The van der Waals surface area contributed by atoms with Gasteiger partial charge in [0.15, 0.2) is 0 Å². The van der Waals surface area contributed by atoms with Crippen molar-refractivity contribution in [2.75, 3.05) is 19.8 Å². The fourth-order valence-electron chi connectivity index (χ4n) is 3.83. The Morgan fingerprint density at radius 2 is 1.70 bits per heavy atom. The number of nitrogens with two attached hydrogens (primary N) is 1. The molecule has 3 rings (SSSR count). The Bertz CT molecular complexity index is 851. The summed E-state index contributed by atoms with van der Waals surface area (Å²) in [5, 5.41) is 0. The zero-order chi connectivity index (χ0) is 21.6. The van der Waals surface area contributed by atoms with Gasteiger partial charge in [0.2, 0.25) is 0 Å². The minimum absolute atomic E-state index is 0.138. The van der Waals surface area contributed by atoms with Gasteiger partial charge in [-0.3, -0.25) is 4.52 Å². The van der Waals surface area contributed by atoms with Crippen molar-refractivity contribution >= 4 is 7.82 Å². The summed E-state index contributed by atoms with van der Waals surface area (Å²) in [4.78, 5) is 17.8. The second-order valence-corrected chi connectivity index (χ2v) is 9.05. The predicted molar refractivity (Wildman–Crippen MR) is 115 cm³/mol. The van der Waals surface area contributed by atoms with Gasteiger partial charge in [-0.05, 0) is 67.5 Å². The molecule has 2 atom stereocenters. The van der Waals surface area contributed by atoms with E-state index in [2.05, 4.69) is 4.52 Å². The summed E-state index contributed by atoms with van der Waals surface area (Å²) < 4.78 is 26.9. The van der Waals surface area contributed by atoms with Crippen LogP contribution in [0.1, 0.15) is 43.2 Å². The molecule has 0 bridgehead atoms. The highest BCUT2D eigenvalue weighted by Gasteiger charge is 2.38. The Morgan fingerprint density at radius 1 is 1.07 bits per heavy atom. The zero-order valence-electron chi connectivity index (χ0n) is 17.2. The lowest BCUT2D eigenvalue weighted by molar-refractivity contribution is 0.153. The van der Waals surface area contributed by atoms with E-state index < -0.39 is 13.4 Å². The van der Waals surface area contributed by atoms with Gasteiger partial charge in [-0.15, -0.1) is 0 Å². The van der Waals surface area contributed by atoms with Gasteiger partial charge in [-0.2, -0.15) is 0 Å². The van der Waals surface area contributed by atoms with Crippen molar-refractivity contribution in [2.45, 2.75) is 44.1 Å². The minimum atomic E-state index is -4.50. The molecule has 0 heterocycles.